The molecule has 0 aliphatic heterocycles. The maximum absolute atomic E-state index is 13.7. The first-order chi connectivity index (χ1) is 9.97. The molecule has 2 aromatic carbocycles. The number of methoxy groups -OCH3 is 1. The molecule has 0 aliphatic rings. The first kappa shape index (κ1) is 15.8. The Morgan fingerprint density at radius 3 is 2.19 bits per heavy atom. The molecule has 112 valence electrons. The smallest absolute Gasteiger partial charge is 0.142 e. The highest BCUT2D eigenvalue weighted by Gasteiger charge is 2.16. The van der Waals surface area contributed by atoms with Gasteiger partial charge in [0, 0.05) is 0 Å². The van der Waals surface area contributed by atoms with E-state index in [9.17, 15) is 4.39 Å². The lowest BCUT2D eigenvalue weighted by Crippen LogP contribution is -2.18. The number of ether oxygens (including phenoxy) is 1. The van der Waals surface area contributed by atoms with Crippen LogP contribution in [-0.2, 0) is 0 Å². The second kappa shape index (κ2) is 6.46. The largest absolute Gasteiger partial charge is 0.496 e. The maximum Gasteiger partial charge on any atom is 0.142 e. The second-order valence-electron chi connectivity index (χ2n) is 5.08. The van der Waals surface area contributed by atoms with Gasteiger partial charge in [-0.3, -0.25) is 0 Å². The molecule has 1 N–H and O–H groups in total. The normalized spacial score (nSPS) is 12.3. The van der Waals surface area contributed by atoms with Crippen molar-refractivity contribution in [3.63, 3.8) is 0 Å². The van der Waals surface area contributed by atoms with Gasteiger partial charge in [0.15, 0.2) is 0 Å². The first-order valence-corrected chi connectivity index (χ1v) is 7.13. The molecule has 0 saturated carbocycles. The van der Waals surface area contributed by atoms with E-state index in [-0.39, 0.29) is 11.1 Å². The number of nitrogens with one attached hydrogen (secondary N) is 1. The second-order valence-corrected chi connectivity index (χ2v) is 5.49. The zero-order chi connectivity index (χ0) is 15.6. The van der Waals surface area contributed by atoms with Crippen LogP contribution in [0.4, 0.5) is 4.39 Å². The topological polar surface area (TPSA) is 21.3 Å². The predicted molar refractivity (Wildman–Crippen MR) is 84.8 cm³/mol. The average Bonchev–Trinajstić information content (AvgIpc) is 2.43. The van der Waals surface area contributed by atoms with E-state index in [2.05, 4.69) is 17.4 Å². The highest BCUT2D eigenvalue weighted by molar-refractivity contribution is 6.30. The summed E-state index contributed by atoms with van der Waals surface area (Å²) in [5.41, 5.74) is 4.02. The minimum atomic E-state index is -0.406. The number of benzene rings is 2. The van der Waals surface area contributed by atoms with Gasteiger partial charge in [0.1, 0.15) is 11.6 Å². The van der Waals surface area contributed by atoms with Gasteiger partial charge < -0.3 is 10.1 Å². The molecule has 4 heteroatoms. The molecular formula is C17H19ClFNO. The molecule has 0 amide bonds. The fourth-order valence-corrected chi connectivity index (χ4v) is 2.81. The average molecular weight is 308 g/mol. The van der Waals surface area contributed by atoms with E-state index in [4.69, 9.17) is 16.3 Å². The summed E-state index contributed by atoms with van der Waals surface area (Å²) in [4.78, 5) is 0. The molecule has 0 bridgehead atoms. The predicted octanol–water partition coefficient (Wildman–Crippen LogP) is 4.41. The molecule has 0 aromatic heterocycles. The summed E-state index contributed by atoms with van der Waals surface area (Å²) in [5, 5.41) is 3.36. The van der Waals surface area contributed by atoms with E-state index >= 15 is 0 Å². The number of aryl methyl sites for hydroxylation is 2. The van der Waals surface area contributed by atoms with Crippen LogP contribution in [0.15, 0.2) is 30.3 Å². The summed E-state index contributed by atoms with van der Waals surface area (Å²) >= 11 is 5.75. The van der Waals surface area contributed by atoms with E-state index in [0.717, 1.165) is 28.0 Å². The quantitative estimate of drug-likeness (QED) is 0.903. The number of hydrogen-bond acceptors (Lipinski definition) is 2. The SMILES string of the molecule is CNC(c1cc(C)c(OC)c(C)c1)c1ccc(Cl)c(F)c1. The molecule has 0 aliphatic carbocycles. The van der Waals surface area contributed by atoms with Gasteiger partial charge in [-0.05, 0) is 55.3 Å². The monoisotopic (exact) mass is 307 g/mol. The Balaban J connectivity index is 2.48. The van der Waals surface area contributed by atoms with E-state index < -0.39 is 5.82 Å². The third-order valence-corrected chi connectivity index (χ3v) is 3.89. The lowest BCUT2D eigenvalue weighted by molar-refractivity contribution is 0.408. The van der Waals surface area contributed by atoms with Crippen LogP contribution in [0, 0.1) is 19.7 Å². The van der Waals surface area contributed by atoms with Crippen molar-refractivity contribution in [3.8, 4) is 5.75 Å². The molecule has 1 unspecified atom stereocenters. The molecule has 2 aromatic rings. The summed E-state index contributed by atoms with van der Waals surface area (Å²) < 4.78 is 19.1. The molecular weight excluding hydrogens is 289 g/mol. The fraction of sp³-hybridized carbons (Fsp3) is 0.294. The highest BCUT2D eigenvalue weighted by atomic mass is 35.5. The summed E-state index contributed by atoms with van der Waals surface area (Å²) in [5.74, 6) is 0.479. The Labute approximate surface area is 129 Å². The summed E-state index contributed by atoms with van der Waals surface area (Å²) in [6.07, 6.45) is 0. The Kier molecular flexibility index (Phi) is 4.86. The van der Waals surface area contributed by atoms with E-state index in [1.807, 2.05) is 27.0 Å². The van der Waals surface area contributed by atoms with Gasteiger partial charge >= 0.3 is 0 Å². The summed E-state index contributed by atoms with van der Waals surface area (Å²) in [6.45, 7) is 4.01. The van der Waals surface area contributed by atoms with Gasteiger partial charge in [-0.15, -0.1) is 0 Å². The fourth-order valence-electron chi connectivity index (χ4n) is 2.69. The molecule has 1 atom stereocenters. The third kappa shape index (κ3) is 3.20. The Hall–Kier alpha value is -1.58. The first-order valence-electron chi connectivity index (χ1n) is 6.75. The molecule has 0 fully saturated rings. The zero-order valence-electron chi connectivity index (χ0n) is 12.6. The van der Waals surface area contributed by atoms with Crippen molar-refractivity contribution in [2.45, 2.75) is 19.9 Å². The highest BCUT2D eigenvalue weighted by Crippen LogP contribution is 2.31. The van der Waals surface area contributed by atoms with Gasteiger partial charge in [-0.25, -0.2) is 4.39 Å². The third-order valence-electron chi connectivity index (χ3n) is 3.59. The van der Waals surface area contributed by atoms with Crippen molar-refractivity contribution in [3.05, 3.63) is 63.4 Å². The lowest BCUT2D eigenvalue weighted by Gasteiger charge is -2.20. The Morgan fingerprint density at radius 1 is 1.10 bits per heavy atom. The van der Waals surface area contributed by atoms with Gasteiger partial charge in [0.05, 0.1) is 18.2 Å². The number of hydrogen-bond donors (Lipinski definition) is 1. The van der Waals surface area contributed by atoms with Crippen LogP contribution >= 0.6 is 11.6 Å². The van der Waals surface area contributed by atoms with Crippen LogP contribution in [0.5, 0.6) is 5.75 Å². The van der Waals surface area contributed by atoms with Crippen LogP contribution in [0.25, 0.3) is 0 Å². The van der Waals surface area contributed by atoms with Gasteiger partial charge in [-0.2, -0.15) is 0 Å². The molecule has 0 spiro atoms. The molecule has 2 rings (SSSR count). The number of rotatable bonds is 4. The standard InChI is InChI=1S/C17H19ClFNO/c1-10-7-13(8-11(2)17(10)21-4)16(20-3)12-5-6-14(18)15(19)9-12/h5-9,16,20H,1-4H3. The van der Waals surface area contributed by atoms with Crippen molar-refractivity contribution < 1.29 is 9.13 Å². The maximum atomic E-state index is 13.7. The van der Waals surface area contributed by atoms with E-state index in [0.29, 0.717) is 0 Å². The molecule has 0 heterocycles. The van der Waals surface area contributed by atoms with Crippen molar-refractivity contribution >= 4 is 11.6 Å². The van der Waals surface area contributed by atoms with Crippen LogP contribution < -0.4 is 10.1 Å². The zero-order valence-corrected chi connectivity index (χ0v) is 13.4. The minimum absolute atomic E-state index is 0.0972. The van der Waals surface area contributed by atoms with Crippen LogP contribution in [0.3, 0.4) is 0 Å². The van der Waals surface area contributed by atoms with Gasteiger partial charge in [0.2, 0.25) is 0 Å². The van der Waals surface area contributed by atoms with Crippen molar-refractivity contribution in [2.75, 3.05) is 14.2 Å². The van der Waals surface area contributed by atoms with Crippen molar-refractivity contribution in [1.82, 2.24) is 5.32 Å². The number of halogens is 2. The van der Waals surface area contributed by atoms with Gasteiger partial charge in [0.25, 0.3) is 0 Å². The van der Waals surface area contributed by atoms with Crippen LogP contribution in [0.1, 0.15) is 28.3 Å². The Morgan fingerprint density at radius 2 is 1.71 bits per heavy atom. The minimum Gasteiger partial charge on any atom is -0.496 e. The van der Waals surface area contributed by atoms with Crippen molar-refractivity contribution in [1.29, 1.82) is 0 Å². The summed E-state index contributed by atoms with van der Waals surface area (Å²) in [6, 6.07) is 8.90. The van der Waals surface area contributed by atoms with E-state index in [1.165, 1.54) is 6.07 Å². The lowest BCUT2D eigenvalue weighted by atomic mass is 9.95. The van der Waals surface area contributed by atoms with Gasteiger partial charge in [-0.1, -0.05) is 29.8 Å². The van der Waals surface area contributed by atoms with Crippen LogP contribution in [0.2, 0.25) is 5.02 Å². The van der Waals surface area contributed by atoms with Crippen LogP contribution in [-0.4, -0.2) is 14.2 Å². The molecule has 21 heavy (non-hydrogen) atoms. The summed E-state index contributed by atoms with van der Waals surface area (Å²) in [7, 11) is 3.52. The molecule has 2 nitrogen and oxygen atoms in total. The molecule has 0 saturated heterocycles. The van der Waals surface area contributed by atoms with E-state index in [1.54, 1.807) is 13.2 Å². The Bertz CT molecular complexity index is 634. The van der Waals surface area contributed by atoms with Crippen molar-refractivity contribution in [2.24, 2.45) is 0 Å². The molecule has 0 radical (unpaired) electrons.